The molecule has 1 N–H and O–H groups in total. The summed E-state index contributed by atoms with van der Waals surface area (Å²) in [6.07, 6.45) is 4.15. The van der Waals surface area contributed by atoms with Crippen molar-refractivity contribution in [3.63, 3.8) is 0 Å². The number of aryl methyl sites for hydroxylation is 1. The summed E-state index contributed by atoms with van der Waals surface area (Å²) in [6, 6.07) is 4.43. The van der Waals surface area contributed by atoms with Crippen LogP contribution in [0.25, 0.3) is 0 Å². The monoisotopic (exact) mass is 213 g/mol. The third-order valence-electron chi connectivity index (χ3n) is 2.09. The summed E-state index contributed by atoms with van der Waals surface area (Å²) in [4.78, 5) is 1.32. The van der Waals surface area contributed by atoms with E-state index in [2.05, 4.69) is 37.0 Å². The third-order valence-corrected chi connectivity index (χ3v) is 3.22. The Kier molecular flexibility index (Phi) is 4.00. The van der Waals surface area contributed by atoms with Crippen molar-refractivity contribution in [3.05, 3.63) is 23.3 Å². The molecule has 0 unspecified atom stereocenters. The molecule has 72 valence electrons. The van der Waals surface area contributed by atoms with Gasteiger partial charge in [0.2, 0.25) is 0 Å². The summed E-state index contributed by atoms with van der Waals surface area (Å²) in [5.41, 5.74) is 3.92. The van der Waals surface area contributed by atoms with Crippen LogP contribution < -0.4 is 4.72 Å². The highest BCUT2D eigenvalue weighted by molar-refractivity contribution is 8.00. The first-order chi connectivity index (χ1) is 6.19. The Morgan fingerprint density at radius 2 is 1.85 bits per heavy atom. The minimum Gasteiger partial charge on any atom is -0.330 e. The zero-order valence-electron chi connectivity index (χ0n) is 8.47. The molecule has 0 fully saturated rings. The second kappa shape index (κ2) is 4.82. The lowest BCUT2D eigenvalue weighted by Gasteiger charge is -2.11. The fourth-order valence-corrected chi connectivity index (χ4v) is 2.12. The first kappa shape index (κ1) is 10.8. The zero-order valence-corrected chi connectivity index (χ0v) is 10.1. The summed E-state index contributed by atoms with van der Waals surface area (Å²) in [7, 11) is 0. The highest BCUT2D eigenvalue weighted by Crippen LogP contribution is 2.27. The molecule has 0 amide bonds. The lowest BCUT2D eigenvalue weighted by atomic mass is 10.1. The number of anilines is 1. The second-order valence-corrected chi connectivity index (χ2v) is 4.42. The molecule has 1 rings (SSSR count). The highest BCUT2D eigenvalue weighted by atomic mass is 32.2. The maximum Gasteiger partial charge on any atom is 0.0483 e. The molecular weight excluding hydrogens is 198 g/mol. The summed E-state index contributed by atoms with van der Waals surface area (Å²) in [5, 5.41) is 0. The van der Waals surface area contributed by atoms with E-state index < -0.39 is 0 Å². The Hall–Kier alpha value is -0.280. The van der Waals surface area contributed by atoms with Gasteiger partial charge in [0.15, 0.2) is 0 Å². The Balaban J connectivity index is 3.09. The van der Waals surface area contributed by atoms with Crippen LogP contribution in [-0.2, 0) is 0 Å². The molecule has 0 atom stereocenters. The lowest BCUT2D eigenvalue weighted by Crippen LogP contribution is -1.92. The molecule has 0 aliphatic carbocycles. The van der Waals surface area contributed by atoms with E-state index in [1.54, 1.807) is 23.7 Å². The first-order valence-corrected chi connectivity index (χ1v) is 6.58. The third kappa shape index (κ3) is 2.58. The number of rotatable bonds is 3. The molecular formula is C10H15NS2. The molecule has 0 spiro atoms. The number of hydrogen-bond donors (Lipinski definition) is 1. The van der Waals surface area contributed by atoms with Gasteiger partial charge in [0.1, 0.15) is 0 Å². The van der Waals surface area contributed by atoms with Crippen molar-refractivity contribution >= 4 is 29.4 Å². The van der Waals surface area contributed by atoms with E-state index in [4.69, 9.17) is 0 Å². The highest BCUT2D eigenvalue weighted by Gasteiger charge is 2.02. The molecule has 0 saturated heterocycles. The Morgan fingerprint density at radius 3 is 2.38 bits per heavy atom. The average Bonchev–Trinajstić information content (AvgIpc) is 2.13. The SMILES string of the molecule is CSNc1cc(SC)cc(C)c1C. The fourth-order valence-electron chi connectivity index (χ4n) is 1.16. The van der Waals surface area contributed by atoms with Crippen molar-refractivity contribution in [2.45, 2.75) is 18.7 Å². The summed E-state index contributed by atoms with van der Waals surface area (Å²) >= 11 is 3.42. The van der Waals surface area contributed by atoms with Crippen LogP contribution in [0.5, 0.6) is 0 Å². The van der Waals surface area contributed by atoms with E-state index in [0.29, 0.717) is 0 Å². The lowest BCUT2D eigenvalue weighted by molar-refractivity contribution is 1.28. The van der Waals surface area contributed by atoms with Gasteiger partial charge in [0.25, 0.3) is 0 Å². The number of benzene rings is 1. The molecule has 0 heterocycles. The maximum absolute atomic E-state index is 3.29. The number of nitrogens with one attached hydrogen (secondary N) is 1. The Morgan fingerprint density at radius 1 is 1.15 bits per heavy atom. The quantitative estimate of drug-likeness (QED) is 0.607. The molecule has 1 aromatic rings. The summed E-state index contributed by atoms with van der Waals surface area (Å²) in [5.74, 6) is 0. The predicted octanol–water partition coefficient (Wildman–Crippen LogP) is 3.72. The Bertz CT molecular complexity index is 297. The van der Waals surface area contributed by atoms with E-state index in [9.17, 15) is 0 Å². The van der Waals surface area contributed by atoms with Gasteiger partial charge in [0, 0.05) is 16.8 Å². The minimum atomic E-state index is 1.23. The van der Waals surface area contributed by atoms with Crippen LogP contribution in [0.15, 0.2) is 17.0 Å². The van der Waals surface area contributed by atoms with Gasteiger partial charge in [-0.25, -0.2) is 0 Å². The summed E-state index contributed by atoms with van der Waals surface area (Å²) in [6.45, 7) is 4.30. The van der Waals surface area contributed by atoms with E-state index in [1.165, 1.54) is 21.7 Å². The molecule has 1 nitrogen and oxygen atoms in total. The average molecular weight is 213 g/mol. The fraction of sp³-hybridized carbons (Fsp3) is 0.400. The van der Waals surface area contributed by atoms with Gasteiger partial charge in [-0.15, -0.1) is 11.8 Å². The van der Waals surface area contributed by atoms with E-state index in [0.717, 1.165) is 0 Å². The smallest absolute Gasteiger partial charge is 0.0483 e. The van der Waals surface area contributed by atoms with Gasteiger partial charge < -0.3 is 4.72 Å². The topological polar surface area (TPSA) is 12.0 Å². The van der Waals surface area contributed by atoms with Gasteiger partial charge in [0.05, 0.1) is 0 Å². The van der Waals surface area contributed by atoms with Gasteiger partial charge in [-0.2, -0.15) is 0 Å². The van der Waals surface area contributed by atoms with Gasteiger partial charge in [-0.05, 0) is 43.4 Å². The van der Waals surface area contributed by atoms with Crippen molar-refractivity contribution in [1.82, 2.24) is 0 Å². The van der Waals surface area contributed by atoms with Gasteiger partial charge in [-0.1, -0.05) is 11.9 Å². The van der Waals surface area contributed by atoms with Gasteiger partial charge >= 0.3 is 0 Å². The molecule has 0 aromatic heterocycles. The second-order valence-electron chi connectivity index (χ2n) is 2.92. The van der Waals surface area contributed by atoms with Crippen LogP contribution >= 0.6 is 23.7 Å². The first-order valence-electron chi connectivity index (χ1n) is 4.13. The zero-order chi connectivity index (χ0) is 9.84. The number of hydrogen-bond acceptors (Lipinski definition) is 3. The van der Waals surface area contributed by atoms with Crippen LogP contribution in [0.3, 0.4) is 0 Å². The standard InChI is InChI=1S/C10H15NS2/c1-7-5-9(12-3)6-10(8(7)2)11-13-4/h5-6,11H,1-4H3. The van der Waals surface area contributed by atoms with Crippen molar-refractivity contribution in [1.29, 1.82) is 0 Å². The van der Waals surface area contributed by atoms with Crippen LogP contribution in [0, 0.1) is 13.8 Å². The van der Waals surface area contributed by atoms with Gasteiger partial charge in [-0.3, -0.25) is 0 Å². The molecule has 13 heavy (non-hydrogen) atoms. The normalized spacial score (nSPS) is 10.2. The summed E-state index contributed by atoms with van der Waals surface area (Å²) < 4.78 is 3.29. The van der Waals surface area contributed by atoms with E-state index in [1.807, 2.05) is 6.26 Å². The largest absolute Gasteiger partial charge is 0.330 e. The van der Waals surface area contributed by atoms with Crippen molar-refractivity contribution in [3.8, 4) is 0 Å². The molecule has 1 aromatic carbocycles. The molecule has 0 radical (unpaired) electrons. The van der Waals surface area contributed by atoms with Crippen molar-refractivity contribution in [2.75, 3.05) is 17.2 Å². The number of thioether (sulfide) groups is 1. The molecule has 0 saturated carbocycles. The van der Waals surface area contributed by atoms with E-state index >= 15 is 0 Å². The molecule has 0 bridgehead atoms. The molecule has 3 heteroatoms. The van der Waals surface area contributed by atoms with Crippen LogP contribution in [0.2, 0.25) is 0 Å². The van der Waals surface area contributed by atoms with Crippen molar-refractivity contribution in [2.24, 2.45) is 0 Å². The molecule has 0 aliphatic heterocycles. The van der Waals surface area contributed by atoms with Crippen LogP contribution in [-0.4, -0.2) is 12.5 Å². The van der Waals surface area contributed by atoms with E-state index in [-0.39, 0.29) is 0 Å². The van der Waals surface area contributed by atoms with Crippen molar-refractivity contribution < 1.29 is 0 Å². The Labute approximate surface area is 88.8 Å². The van der Waals surface area contributed by atoms with Crippen LogP contribution in [0.4, 0.5) is 5.69 Å². The predicted molar refractivity (Wildman–Crippen MR) is 64.8 cm³/mol. The minimum absolute atomic E-state index is 1.23. The van der Waals surface area contributed by atoms with Crippen LogP contribution in [0.1, 0.15) is 11.1 Å². The maximum atomic E-state index is 3.29. The molecule has 0 aliphatic rings.